The van der Waals surface area contributed by atoms with Crippen molar-refractivity contribution in [2.45, 2.75) is 32.1 Å². The third kappa shape index (κ3) is 5.46. The summed E-state index contributed by atoms with van der Waals surface area (Å²) < 4.78 is 1.36. The molecule has 8 nitrogen and oxygen atoms in total. The zero-order chi connectivity index (χ0) is 21.2. The Labute approximate surface area is 202 Å². The zero-order valence-electron chi connectivity index (χ0n) is 14.7. The summed E-state index contributed by atoms with van der Waals surface area (Å²) in [6.07, 6.45) is 1.69. The van der Waals surface area contributed by atoms with Gasteiger partial charge in [0.15, 0.2) is 0 Å². The number of carboxylic acid groups (broad SMARTS) is 2. The Hall–Kier alpha value is -0.710. The minimum absolute atomic E-state index is 0.000964. The van der Waals surface area contributed by atoms with Crippen LogP contribution in [0.15, 0.2) is 0 Å². The number of aromatic carboxylic acids is 1. The summed E-state index contributed by atoms with van der Waals surface area (Å²) in [4.78, 5) is 48.7. The second-order valence-corrected chi connectivity index (χ2v) is 9.55. The van der Waals surface area contributed by atoms with Gasteiger partial charge in [-0.3, -0.25) is 14.4 Å². The van der Waals surface area contributed by atoms with Gasteiger partial charge in [0.2, 0.25) is 11.8 Å². The molecule has 0 spiro atoms. The maximum atomic E-state index is 12.5. The Morgan fingerprint density at radius 1 is 1.04 bits per heavy atom. The molecule has 2 rings (SSSR count). The van der Waals surface area contributed by atoms with Crippen molar-refractivity contribution < 1.29 is 29.4 Å². The van der Waals surface area contributed by atoms with Crippen LogP contribution in [0.5, 0.6) is 0 Å². The number of hydrogen-bond acceptors (Lipinski definition) is 4. The average Bonchev–Trinajstić information content (AvgIpc) is 3.42. The predicted octanol–water partition coefficient (Wildman–Crippen LogP) is 3.76. The molecule has 0 heterocycles. The summed E-state index contributed by atoms with van der Waals surface area (Å²) in [5, 5.41) is 21.1. The zero-order valence-corrected chi connectivity index (χ0v) is 21.2. The average molecular weight is 726 g/mol. The number of hydrogen-bond donors (Lipinski definition) is 3. The maximum absolute atomic E-state index is 12.5. The van der Waals surface area contributed by atoms with Crippen molar-refractivity contribution in [1.29, 1.82) is 0 Å². The first-order valence-corrected chi connectivity index (χ1v) is 11.5. The Kier molecular flexibility index (Phi) is 8.30. The van der Waals surface area contributed by atoms with Crippen molar-refractivity contribution in [3.8, 4) is 0 Å². The fourth-order valence-electron chi connectivity index (χ4n) is 2.56. The van der Waals surface area contributed by atoms with Gasteiger partial charge in [0.05, 0.1) is 27.6 Å². The van der Waals surface area contributed by atoms with Gasteiger partial charge in [0, 0.05) is 25.8 Å². The van der Waals surface area contributed by atoms with Crippen molar-refractivity contribution in [2.24, 2.45) is 5.92 Å². The van der Waals surface area contributed by atoms with Crippen LogP contribution in [0.4, 0.5) is 11.4 Å². The van der Waals surface area contributed by atoms with E-state index in [0.29, 0.717) is 22.1 Å². The fraction of sp³-hybridized carbons (Fsp3) is 0.412. The normalized spacial score (nSPS) is 13.1. The number of nitrogens with one attached hydrogen (secondary N) is 1. The molecule has 0 unspecified atom stereocenters. The lowest BCUT2D eigenvalue weighted by molar-refractivity contribution is -0.137. The molecule has 1 fully saturated rings. The van der Waals surface area contributed by atoms with Gasteiger partial charge in [0.25, 0.3) is 0 Å². The number of halogens is 3. The number of nitrogens with zero attached hydrogens (tertiary/aromatic N) is 1. The van der Waals surface area contributed by atoms with Gasteiger partial charge in [-0.05, 0) is 87.0 Å². The minimum atomic E-state index is -1.15. The van der Waals surface area contributed by atoms with Crippen LogP contribution in [0.2, 0.25) is 0 Å². The summed E-state index contributed by atoms with van der Waals surface area (Å²) >= 11 is 5.79. The minimum Gasteiger partial charge on any atom is -0.481 e. The fourth-order valence-corrected chi connectivity index (χ4v) is 7.18. The molecule has 0 atom stereocenters. The van der Waals surface area contributed by atoms with Gasteiger partial charge in [-0.1, -0.05) is 0 Å². The second kappa shape index (κ2) is 9.86. The van der Waals surface area contributed by atoms with Crippen LogP contribution in [0.3, 0.4) is 0 Å². The number of rotatable bonds is 8. The SMILES string of the molecule is CN(C(=O)C1CC1)c1c(I)c(NC(=O)CCCC(=O)O)c(I)c(C(=O)O)c1I. The lowest BCUT2D eigenvalue weighted by Gasteiger charge is -2.25. The number of amides is 2. The third-order valence-electron chi connectivity index (χ3n) is 4.16. The highest BCUT2D eigenvalue weighted by Gasteiger charge is 2.35. The molecule has 1 saturated carbocycles. The summed E-state index contributed by atoms with van der Waals surface area (Å²) in [6, 6.07) is 0. The number of carboxylic acids is 2. The smallest absolute Gasteiger partial charge is 0.338 e. The first-order chi connectivity index (χ1) is 13.1. The Bertz CT molecular complexity index is 854. The summed E-state index contributed by atoms with van der Waals surface area (Å²) in [5.41, 5.74) is 0.800. The molecule has 11 heteroatoms. The van der Waals surface area contributed by atoms with Gasteiger partial charge in [-0.25, -0.2) is 4.79 Å². The van der Waals surface area contributed by atoms with Crippen LogP contribution in [0.1, 0.15) is 42.5 Å². The standard InChI is InChI=1S/C17H17I3N2O6/c1-22(16(26)7-5-6-7)15-12(19)10(17(27)28)11(18)14(13(15)20)21-8(23)3-2-4-9(24)25/h7H,2-6H2,1H3,(H,21,23)(H,24,25)(H,27,28). The van der Waals surface area contributed by atoms with Crippen LogP contribution in [-0.2, 0) is 14.4 Å². The topological polar surface area (TPSA) is 124 Å². The Morgan fingerprint density at radius 2 is 1.64 bits per heavy atom. The van der Waals surface area contributed by atoms with Crippen molar-refractivity contribution >= 4 is 103 Å². The van der Waals surface area contributed by atoms with Gasteiger partial charge in [-0.2, -0.15) is 0 Å². The Balaban J connectivity index is 2.43. The van der Waals surface area contributed by atoms with Crippen molar-refractivity contribution in [2.75, 3.05) is 17.3 Å². The summed E-state index contributed by atoms with van der Waals surface area (Å²) in [7, 11) is 1.61. The number of benzene rings is 1. The van der Waals surface area contributed by atoms with Gasteiger partial charge >= 0.3 is 11.9 Å². The van der Waals surface area contributed by atoms with Gasteiger partial charge < -0.3 is 20.4 Å². The van der Waals surface area contributed by atoms with Crippen LogP contribution in [-0.4, -0.2) is 41.0 Å². The van der Waals surface area contributed by atoms with E-state index in [1.54, 1.807) is 7.05 Å². The number of carbonyl (C=O) groups excluding carboxylic acids is 2. The first-order valence-electron chi connectivity index (χ1n) is 8.29. The second-order valence-electron chi connectivity index (χ2n) is 6.31. The van der Waals surface area contributed by atoms with Gasteiger partial charge in [0.1, 0.15) is 0 Å². The quantitative estimate of drug-likeness (QED) is 0.351. The largest absolute Gasteiger partial charge is 0.481 e. The molecule has 0 radical (unpaired) electrons. The lowest BCUT2D eigenvalue weighted by Crippen LogP contribution is -2.30. The molecule has 0 saturated heterocycles. The molecular formula is C17H17I3N2O6. The lowest BCUT2D eigenvalue weighted by atomic mass is 10.1. The molecule has 3 N–H and O–H groups in total. The van der Waals surface area contributed by atoms with E-state index in [4.69, 9.17) is 5.11 Å². The first kappa shape index (κ1) is 23.6. The monoisotopic (exact) mass is 726 g/mol. The van der Waals surface area contributed by atoms with Crippen LogP contribution in [0, 0.1) is 16.6 Å². The van der Waals surface area contributed by atoms with E-state index in [1.807, 2.05) is 67.8 Å². The highest BCUT2D eigenvalue weighted by Crippen LogP contribution is 2.42. The molecule has 1 aliphatic rings. The molecule has 1 aromatic rings. The molecular weight excluding hydrogens is 709 g/mol. The van der Waals surface area contributed by atoms with Crippen LogP contribution < -0.4 is 10.2 Å². The molecule has 0 aromatic heterocycles. The number of anilines is 2. The van der Waals surface area contributed by atoms with E-state index in [0.717, 1.165) is 12.8 Å². The number of carbonyl (C=O) groups is 4. The molecule has 152 valence electrons. The predicted molar refractivity (Wildman–Crippen MR) is 128 cm³/mol. The highest BCUT2D eigenvalue weighted by atomic mass is 127. The third-order valence-corrected chi connectivity index (χ3v) is 7.34. The molecule has 2 amide bonds. The van der Waals surface area contributed by atoms with Crippen molar-refractivity contribution in [3.05, 3.63) is 16.3 Å². The van der Waals surface area contributed by atoms with E-state index in [2.05, 4.69) is 5.32 Å². The van der Waals surface area contributed by atoms with E-state index in [9.17, 15) is 24.3 Å². The highest BCUT2D eigenvalue weighted by molar-refractivity contribution is 14.1. The van der Waals surface area contributed by atoms with E-state index >= 15 is 0 Å². The van der Waals surface area contributed by atoms with E-state index < -0.39 is 17.8 Å². The summed E-state index contributed by atoms with van der Waals surface area (Å²) in [5.74, 6) is -2.66. The van der Waals surface area contributed by atoms with E-state index in [1.165, 1.54) is 4.90 Å². The van der Waals surface area contributed by atoms with Crippen molar-refractivity contribution in [1.82, 2.24) is 0 Å². The summed E-state index contributed by atoms with van der Waals surface area (Å²) in [6.45, 7) is 0. The maximum Gasteiger partial charge on any atom is 0.338 e. The Morgan fingerprint density at radius 3 is 2.14 bits per heavy atom. The van der Waals surface area contributed by atoms with Crippen LogP contribution >= 0.6 is 67.8 Å². The molecule has 0 aliphatic heterocycles. The van der Waals surface area contributed by atoms with Crippen molar-refractivity contribution in [3.63, 3.8) is 0 Å². The number of aliphatic carboxylic acids is 1. The molecule has 1 aliphatic carbocycles. The van der Waals surface area contributed by atoms with Crippen LogP contribution in [0.25, 0.3) is 0 Å². The van der Waals surface area contributed by atoms with E-state index in [-0.39, 0.29) is 36.7 Å². The molecule has 0 bridgehead atoms. The van der Waals surface area contributed by atoms with Gasteiger partial charge in [-0.15, -0.1) is 0 Å². The molecule has 1 aromatic carbocycles. The molecule has 28 heavy (non-hydrogen) atoms.